The van der Waals surface area contributed by atoms with Crippen LogP contribution in [0.4, 0.5) is 14.9 Å². The van der Waals surface area contributed by atoms with Gasteiger partial charge in [0.05, 0.1) is 0 Å². The molecule has 7 nitrogen and oxygen atoms in total. The molecule has 0 atom stereocenters. The van der Waals surface area contributed by atoms with E-state index in [2.05, 4.69) is 15.9 Å². The smallest absolute Gasteiger partial charge is 0.422 e. The van der Waals surface area contributed by atoms with Crippen LogP contribution in [0.15, 0.2) is 46.9 Å². The van der Waals surface area contributed by atoms with Crippen LogP contribution in [0, 0.1) is 5.82 Å². The molecular weight excluding hydrogens is 455 g/mol. The summed E-state index contributed by atoms with van der Waals surface area (Å²) in [6, 6.07) is 11.6. The van der Waals surface area contributed by atoms with Crippen LogP contribution in [0.2, 0.25) is 0 Å². The highest BCUT2D eigenvalue weighted by Crippen LogP contribution is 2.33. The standard InChI is InChI=1S/C18H20BrFN2O5S/c1-18(2,3)27-17(23)22-28(24,25)21-16-14(20)9-13(19)10-15(16)26-11-12-7-5-4-6-8-12/h4-10,21H,11H2,1-3H3,(H,22,23). The maximum absolute atomic E-state index is 14.4. The fourth-order valence-corrected chi connectivity index (χ4v) is 3.25. The van der Waals surface area contributed by atoms with Crippen molar-refractivity contribution in [3.05, 3.63) is 58.3 Å². The Hall–Kier alpha value is -2.33. The van der Waals surface area contributed by atoms with Crippen LogP contribution in [0.5, 0.6) is 5.75 Å². The second kappa shape index (κ2) is 8.78. The molecule has 0 aliphatic heterocycles. The molecule has 0 aliphatic carbocycles. The van der Waals surface area contributed by atoms with Gasteiger partial charge in [0.1, 0.15) is 23.6 Å². The summed E-state index contributed by atoms with van der Waals surface area (Å²) < 4.78 is 53.3. The number of carbonyl (C=O) groups is 1. The Morgan fingerprint density at radius 3 is 2.43 bits per heavy atom. The maximum atomic E-state index is 14.4. The molecule has 0 saturated carbocycles. The first-order chi connectivity index (χ1) is 13.0. The predicted octanol–water partition coefficient (Wildman–Crippen LogP) is 4.35. The number of amides is 1. The zero-order valence-corrected chi connectivity index (χ0v) is 17.9. The second-order valence-corrected chi connectivity index (χ2v) is 9.08. The monoisotopic (exact) mass is 474 g/mol. The number of hydrogen-bond acceptors (Lipinski definition) is 5. The molecule has 0 radical (unpaired) electrons. The highest BCUT2D eigenvalue weighted by atomic mass is 79.9. The van der Waals surface area contributed by atoms with Gasteiger partial charge in [-0.05, 0) is 38.5 Å². The van der Waals surface area contributed by atoms with Gasteiger partial charge in [-0.15, -0.1) is 0 Å². The number of anilines is 1. The Morgan fingerprint density at radius 2 is 1.82 bits per heavy atom. The summed E-state index contributed by atoms with van der Waals surface area (Å²) in [5.74, 6) is -0.933. The van der Waals surface area contributed by atoms with Crippen LogP contribution in [0.3, 0.4) is 0 Å². The summed E-state index contributed by atoms with van der Waals surface area (Å²) >= 11 is 3.14. The summed E-state index contributed by atoms with van der Waals surface area (Å²) in [6.07, 6.45) is -1.19. The summed E-state index contributed by atoms with van der Waals surface area (Å²) in [7, 11) is -4.46. The van der Waals surface area contributed by atoms with E-state index in [9.17, 15) is 17.6 Å². The van der Waals surface area contributed by atoms with Gasteiger partial charge in [-0.1, -0.05) is 46.3 Å². The van der Waals surface area contributed by atoms with Crippen molar-refractivity contribution in [2.75, 3.05) is 4.72 Å². The van der Waals surface area contributed by atoms with Gasteiger partial charge in [0.15, 0.2) is 5.82 Å². The van der Waals surface area contributed by atoms with Crippen molar-refractivity contribution in [3.8, 4) is 5.75 Å². The zero-order valence-electron chi connectivity index (χ0n) is 15.5. The second-order valence-electron chi connectivity index (χ2n) is 6.74. The molecule has 0 aromatic heterocycles. The first-order valence-corrected chi connectivity index (χ1v) is 10.4. The summed E-state index contributed by atoms with van der Waals surface area (Å²) in [6.45, 7) is 4.83. The van der Waals surface area contributed by atoms with Gasteiger partial charge in [0, 0.05) is 4.47 Å². The van der Waals surface area contributed by atoms with Crippen molar-refractivity contribution in [2.45, 2.75) is 33.0 Å². The van der Waals surface area contributed by atoms with Crippen molar-refractivity contribution in [1.82, 2.24) is 4.72 Å². The fourth-order valence-electron chi connectivity index (χ4n) is 2.07. The molecule has 2 aromatic rings. The van der Waals surface area contributed by atoms with Crippen LogP contribution >= 0.6 is 15.9 Å². The first kappa shape index (κ1) is 22.0. The molecule has 0 spiro atoms. The van der Waals surface area contributed by atoms with Crippen molar-refractivity contribution in [2.24, 2.45) is 0 Å². The Morgan fingerprint density at radius 1 is 1.18 bits per heavy atom. The molecule has 1 amide bonds. The summed E-state index contributed by atoms with van der Waals surface area (Å²) in [4.78, 5) is 11.7. The van der Waals surface area contributed by atoms with Gasteiger partial charge in [0.25, 0.3) is 0 Å². The zero-order chi connectivity index (χ0) is 20.9. The minimum absolute atomic E-state index is 0.0507. The number of benzene rings is 2. The van der Waals surface area contributed by atoms with Gasteiger partial charge in [-0.2, -0.15) is 8.42 Å². The van der Waals surface area contributed by atoms with Gasteiger partial charge in [-0.3, -0.25) is 4.72 Å². The van der Waals surface area contributed by atoms with Gasteiger partial charge >= 0.3 is 16.3 Å². The average molecular weight is 475 g/mol. The number of rotatable bonds is 6. The largest absolute Gasteiger partial charge is 0.487 e. The maximum Gasteiger partial charge on any atom is 0.422 e. The van der Waals surface area contributed by atoms with E-state index in [0.717, 1.165) is 11.6 Å². The van der Waals surface area contributed by atoms with E-state index in [4.69, 9.17) is 9.47 Å². The molecular formula is C18H20BrFN2O5S. The predicted molar refractivity (Wildman–Crippen MR) is 107 cm³/mol. The Balaban J connectivity index is 2.20. The topological polar surface area (TPSA) is 93.7 Å². The molecule has 2 rings (SSSR count). The molecule has 0 aliphatic rings. The number of nitrogens with one attached hydrogen (secondary N) is 2. The van der Waals surface area contributed by atoms with E-state index in [-0.39, 0.29) is 12.4 Å². The molecule has 0 saturated heterocycles. The molecule has 0 unspecified atom stereocenters. The quantitative estimate of drug-likeness (QED) is 0.648. The van der Waals surface area contributed by atoms with Gasteiger partial charge in [0.2, 0.25) is 0 Å². The first-order valence-electron chi connectivity index (χ1n) is 8.14. The third-order valence-electron chi connectivity index (χ3n) is 3.11. The summed E-state index contributed by atoms with van der Waals surface area (Å²) in [5.41, 5.74) is -0.523. The molecule has 2 N–H and O–H groups in total. The number of carbonyl (C=O) groups excluding carboxylic acids is 1. The molecule has 0 bridgehead atoms. The molecule has 152 valence electrons. The lowest BCUT2D eigenvalue weighted by atomic mass is 10.2. The number of ether oxygens (including phenoxy) is 2. The average Bonchev–Trinajstić information content (AvgIpc) is 2.54. The van der Waals surface area contributed by atoms with Crippen LogP contribution in [-0.2, 0) is 21.6 Å². The van der Waals surface area contributed by atoms with E-state index in [1.165, 1.54) is 6.07 Å². The third-order valence-corrected chi connectivity index (χ3v) is 4.48. The lowest BCUT2D eigenvalue weighted by Gasteiger charge is -2.20. The number of hydrogen-bond donors (Lipinski definition) is 2. The van der Waals surface area contributed by atoms with Crippen molar-refractivity contribution in [1.29, 1.82) is 0 Å². The van der Waals surface area contributed by atoms with E-state index in [1.54, 1.807) is 25.5 Å². The minimum Gasteiger partial charge on any atom is -0.487 e. The van der Waals surface area contributed by atoms with E-state index < -0.39 is 33.4 Å². The van der Waals surface area contributed by atoms with Crippen LogP contribution in [-0.4, -0.2) is 20.1 Å². The lowest BCUT2D eigenvalue weighted by molar-refractivity contribution is 0.0570. The van der Waals surface area contributed by atoms with E-state index in [0.29, 0.717) is 4.47 Å². The molecule has 2 aromatic carbocycles. The van der Waals surface area contributed by atoms with E-state index >= 15 is 0 Å². The Bertz CT molecular complexity index is 946. The molecule has 10 heteroatoms. The summed E-state index contributed by atoms with van der Waals surface area (Å²) in [5, 5.41) is 0. The van der Waals surface area contributed by atoms with Crippen LogP contribution in [0.1, 0.15) is 26.3 Å². The van der Waals surface area contributed by atoms with Crippen LogP contribution in [0.25, 0.3) is 0 Å². The minimum atomic E-state index is -4.46. The molecule has 0 fully saturated rings. The van der Waals surface area contributed by atoms with Crippen molar-refractivity contribution in [3.63, 3.8) is 0 Å². The highest BCUT2D eigenvalue weighted by Gasteiger charge is 2.24. The highest BCUT2D eigenvalue weighted by molar-refractivity contribution is 9.10. The fraction of sp³-hybridized carbons (Fsp3) is 0.278. The third kappa shape index (κ3) is 7.01. The van der Waals surface area contributed by atoms with Gasteiger partial charge < -0.3 is 9.47 Å². The Labute approximate surface area is 171 Å². The van der Waals surface area contributed by atoms with Gasteiger partial charge in [-0.25, -0.2) is 13.9 Å². The lowest BCUT2D eigenvalue weighted by Crippen LogP contribution is -2.39. The normalized spacial score (nSPS) is 11.6. The van der Waals surface area contributed by atoms with Crippen molar-refractivity contribution < 1.29 is 27.1 Å². The number of halogens is 2. The molecule has 0 heterocycles. The van der Waals surface area contributed by atoms with E-state index in [1.807, 2.05) is 35.1 Å². The molecule has 28 heavy (non-hydrogen) atoms. The van der Waals surface area contributed by atoms with Crippen molar-refractivity contribution >= 4 is 37.9 Å². The Kier molecular flexibility index (Phi) is 6.89. The SMILES string of the molecule is CC(C)(C)OC(=O)NS(=O)(=O)Nc1c(F)cc(Br)cc1OCc1ccccc1. The van der Waals surface area contributed by atoms with Crippen LogP contribution < -0.4 is 14.2 Å².